The molecular weight excluding hydrogens is 402 g/mol. The SMILES string of the molecule is COC(=O)c1cc2ccccc2c([C@H]2CC(C)(C)[C@@H]3CC[C@@]4(C)OC(=O)C[C@@H]4[C@@]3(C)C2)n1. The molecule has 0 N–H and O–H groups in total. The van der Waals surface area contributed by atoms with Crippen molar-refractivity contribution in [2.75, 3.05) is 7.11 Å². The Kier molecular flexibility index (Phi) is 4.71. The maximum atomic E-state index is 12.4. The van der Waals surface area contributed by atoms with Gasteiger partial charge in [0.25, 0.3) is 0 Å². The molecule has 0 amide bonds. The molecule has 0 unspecified atom stereocenters. The van der Waals surface area contributed by atoms with E-state index in [2.05, 4.69) is 33.8 Å². The van der Waals surface area contributed by atoms with E-state index in [-0.39, 0.29) is 34.2 Å². The molecule has 0 radical (unpaired) electrons. The van der Waals surface area contributed by atoms with Crippen LogP contribution < -0.4 is 0 Å². The predicted molar refractivity (Wildman–Crippen MR) is 122 cm³/mol. The van der Waals surface area contributed by atoms with E-state index >= 15 is 0 Å². The van der Waals surface area contributed by atoms with E-state index in [9.17, 15) is 9.59 Å². The molecule has 2 heterocycles. The molecule has 5 nitrogen and oxygen atoms in total. The Morgan fingerprint density at radius 1 is 1.12 bits per heavy atom. The highest BCUT2D eigenvalue weighted by atomic mass is 16.6. The summed E-state index contributed by atoms with van der Waals surface area (Å²) in [6, 6.07) is 9.98. The van der Waals surface area contributed by atoms with Crippen molar-refractivity contribution in [1.29, 1.82) is 0 Å². The quantitative estimate of drug-likeness (QED) is 0.569. The molecule has 5 atom stereocenters. The van der Waals surface area contributed by atoms with Crippen LogP contribution in [0.3, 0.4) is 0 Å². The van der Waals surface area contributed by atoms with Crippen LogP contribution in [0.5, 0.6) is 0 Å². The van der Waals surface area contributed by atoms with Crippen molar-refractivity contribution in [2.24, 2.45) is 22.7 Å². The number of rotatable bonds is 2. The first kappa shape index (κ1) is 21.4. The molecule has 1 aromatic carbocycles. The van der Waals surface area contributed by atoms with Crippen LogP contribution in [0.15, 0.2) is 30.3 Å². The van der Waals surface area contributed by atoms with Crippen molar-refractivity contribution in [1.82, 2.24) is 4.98 Å². The molecule has 2 saturated carbocycles. The molecule has 1 saturated heterocycles. The topological polar surface area (TPSA) is 65.5 Å². The summed E-state index contributed by atoms with van der Waals surface area (Å²) >= 11 is 0. The first-order chi connectivity index (χ1) is 15.1. The lowest BCUT2D eigenvalue weighted by Gasteiger charge is -2.61. The van der Waals surface area contributed by atoms with Crippen LogP contribution in [0, 0.1) is 22.7 Å². The van der Waals surface area contributed by atoms with Crippen molar-refractivity contribution >= 4 is 22.7 Å². The Labute approximate surface area is 189 Å². The van der Waals surface area contributed by atoms with E-state index in [4.69, 9.17) is 14.5 Å². The Morgan fingerprint density at radius 2 is 1.88 bits per heavy atom. The van der Waals surface area contributed by atoms with E-state index in [1.807, 2.05) is 24.3 Å². The number of nitrogens with zero attached hydrogens (tertiary/aromatic N) is 1. The molecule has 5 rings (SSSR count). The van der Waals surface area contributed by atoms with E-state index in [1.165, 1.54) is 7.11 Å². The molecule has 3 fully saturated rings. The van der Waals surface area contributed by atoms with Crippen molar-refractivity contribution in [3.05, 3.63) is 41.7 Å². The number of pyridine rings is 1. The third kappa shape index (κ3) is 3.07. The summed E-state index contributed by atoms with van der Waals surface area (Å²) in [6.07, 6.45) is 4.47. The average molecular weight is 436 g/mol. The van der Waals surface area contributed by atoms with E-state index in [1.54, 1.807) is 0 Å². The molecule has 170 valence electrons. The minimum Gasteiger partial charge on any atom is -0.464 e. The molecule has 1 aliphatic heterocycles. The van der Waals surface area contributed by atoms with Gasteiger partial charge in [-0.15, -0.1) is 0 Å². The molecular formula is C27H33NO4. The zero-order valence-electron chi connectivity index (χ0n) is 19.7. The Bertz CT molecular complexity index is 1110. The molecule has 0 bridgehead atoms. The standard InChI is InChI=1S/C27H33NO4/c1-25(2)14-17(15-26(3)20(25)10-11-27(4)21(26)13-22(29)32-27)23-18-9-7-6-8-16(18)12-19(28-23)24(30)31-5/h6-9,12,17,20-21H,10-11,13-15H2,1-5H3/t17-,20-,21+,26-,27+/m0/s1. The summed E-state index contributed by atoms with van der Waals surface area (Å²) in [6.45, 7) is 9.25. The highest BCUT2D eigenvalue weighted by molar-refractivity contribution is 5.94. The average Bonchev–Trinajstić information content (AvgIpc) is 3.06. The Morgan fingerprint density at radius 3 is 2.62 bits per heavy atom. The van der Waals surface area contributed by atoms with Gasteiger partial charge in [-0.05, 0) is 60.8 Å². The molecule has 32 heavy (non-hydrogen) atoms. The number of benzene rings is 1. The lowest BCUT2D eigenvalue weighted by atomic mass is 9.44. The lowest BCUT2D eigenvalue weighted by Crippen LogP contribution is -2.57. The van der Waals surface area contributed by atoms with Gasteiger partial charge >= 0.3 is 11.9 Å². The summed E-state index contributed by atoms with van der Waals surface area (Å²) in [5.74, 6) is 0.456. The van der Waals surface area contributed by atoms with Gasteiger partial charge in [0, 0.05) is 17.2 Å². The fraction of sp³-hybridized carbons (Fsp3) is 0.593. The van der Waals surface area contributed by atoms with Crippen LogP contribution >= 0.6 is 0 Å². The smallest absolute Gasteiger partial charge is 0.356 e. The predicted octanol–water partition coefficient (Wildman–Crippen LogP) is 5.66. The summed E-state index contributed by atoms with van der Waals surface area (Å²) in [5.41, 5.74) is 1.03. The monoisotopic (exact) mass is 435 g/mol. The minimum atomic E-state index is -0.406. The molecule has 0 spiro atoms. The van der Waals surface area contributed by atoms with Gasteiger partial charge in [0.15, 0.2) is 0 Å². The van der Waals surface area contributed by atoms with Gasteiger partial charge in [0.2, 0.25) is 0 Å². The number of carbonyl (C=O) groups excluding carboxylic acids is 2. The van der Waals surface area contributed by atoms with Crippen LogP contribution in [-0.2, 0) is 14.3 Å². The molecule has 5 heteroatoms. The number of esters is 2. The van der Waals surface area contributed by atoms with Crippen LogP contribution in [0.1, 0.15) is 81.9 Å². The fourth-order valence-corrected chi connectivity index (χ4v) is 7.80. The highest BCUT2D eigenvalue weighted by Gasteiger charge is 2.64. The minimum absolute atomic E-state index is 0.0321. The number of methoxy groups -OCH3 is 1. The van der Waals surface area contributed by atoms with Gasteiger partial charge in [-0.2, -0.15) is 0 Å². The van der Waals surface area contributed by atoms with Crippen LogP contribution in [0.25, 0.3) is 10.8 Å². The summed E-state index contributed by atoms with van der Waals surface area (Å²) in [4.78, 5) is 29.7. The van der Waals surface area contributed by atoms with Gasteiger partial charge in [-0.25, -0.2) is 9.78 Å². The molecule has 3 aliphatic rings. The first-order valence-electron chi connectivity index (χ1n) is 11.8. The highest BCUT2D eigenvalue weighted by Crippen LogP contribution is 2.67. The Hall–Kier alpha value is -2.43. The van der Waals surface area contributed by atoms with Gasteiger partial charge in [-0.3, -0.25) is 4.79 Å². The second-order valence-electron chi connectivity index (χ2n) is 11.3. The maximum Gasteiger partial charge on any atom is 0.356 e. The number of fused-ring (bicyclic) bond motifs is 4. The van der Waals surface area contributed by atoms with Crippen LogP contribution in [0.2, 0.25) is 0 Å². The van der Waals surface area contributed by atoms with Crippen molar-refractivity contribution < 1.29 is 19.1 Å². The third-order valence-electron chi connectivity index (χ3n) is 8.93. The summed E-state index contributed by atoms with van der Waals surface area (Å²) in [5, 5.41) is 2.11. The van der Waals surface area contributed by atoms with Crippen molar-refractivity contribution in [3.63, 3.8) is 0 Å². The molecule has 1 aromatic heterocycles. The van der Waals surface area contributed by atoms with Crippen LogP contribution in [0.4, 0.5) is 0 Å². The molecule has 2 aromatic rings. The third-order valence-corrected chi connectivity index (χ3v) is 8.93. The Balaban J connectivity index is 1.64. The largest absolute Gasteiger partial charge is 0.464 e. The van der Waals surface area contributed by atoms with Gasteiger partial charge in [0.05, 0.1) is 19.2 Å². The van der Waals surface area contributed by atoms with Gasteiger partial charge in [-0.1, -0.05) is 45.0 Å². The van der Waals surface area contributed by atoms with Gasteiger partial charge in [0.1, 0.15) is 11.3 Å². The zero-order chi connectivity index (χ0) is 22.9. The number of hydrogen-bond donors (Lipinski definition) is 0. The van der Waals surface area contributed by atoms with E-state index < -0.39 is 5.97 Å². The van der Waals surface area contributed by atoms with Crippen molar-refractivity contribution in [3.8, 4) is 0 Å². The summed E-state index contributed by atoms with van der Waals surface area (Å²) in [7, 11) is 1.40. The number of ether oxygens (including phenoxy) is 2. The summed E-state index contributed by atoms with van der Waals surface area (Å²) < 4.78 is 10.9. The normalized spacial score (nSPS) is 35.7. The lowest BCUT2D eigenvalue weighted by molar-refractivity contribution is -0.166. The fourth-order valence-electron chi connectivity index (χ4n) is 7.80. The van der Waals surface area contributed by atoms with Gasteiger partial charge < -0.3 is 9.47 Å². The maximum absolute atomic E-state index is 12.4. The molecule has 2 aliphatic carbocycles. The second kappa shape index (κ2) is 7.03. The number of aromatic nitrogens is 1. The second-order valence-corrected chi connectivity index (χ2v) is 11.3. The zero-order valence-corrected chi connectivity index (χ0v) is 19.7. The first-order valence-corrected chi connectivity index (χ1v) is 11.8. The number of hydrogen-bond acceptors (Lipinski definition) is 5. The van der Waals surface area contributed by atoms with Crippen LogP contribution in [-0.4, -0.2) is 29.6 Å². The van der Waals surface area contributed by atoms with E-state index in [0.717, 1.165) is 42.1 Å². The van der Waals surface area contributed by atoms with E-state index in [0.29, 0.717) is 18.0 Å². The number of carbonyl (C=O) groups is 2. The van der Waals surface area contributed by atoms with Crippen molar-refractivity contribution in [2.45, 2.75) is 71.3 Å².